The highest BCUT2D eigenvalue weighted by molar-refractivity contribution is 5.38. The first kappa shape index (κ1) is 14.6. The summed E-state index contributed by atoms with van der Waals surface area (Å²) < 4.78 is 0. The van der Waals surface area contributed by atoms with Gasteiger partial charge in [-0.1, -0.05) is 35.9 Å². The van der Waals surface area contributed by atoms with E-state index in [1.807, 2.05) is 24.4 Å². The van der Waals surface area contributed by atoms with E-state index in [0.717, 1.165) is 37.6 Å². The average Bonchev–Trinajstić information content (AvgIpc) is 2.59. The predicted molar refractivity (Wildman–Crippen MR) is 87.6 cm³/mol. The quantitative estimate of drug-likeness (QED) is 0.872. The van der Waals surface area contributed by atoms with Crippen molar-refractivity contribution in [2.24, 2.45) is 0 Å². The number of anilines is 1. The van der Waals surface area contributed by atoms with Crippen LogP contribution in [0.4, 0.5) is 5.82 Å². The monoisotopic (exact) mass is 292 g/mol. The van der Waals surface area contributed by atoms with Gasteiger partial charge in [-0.05, 0) is 24.6 Å². The van der Waals surface area contributed by atoms with Crippen molar-refractivity contribution in [1.82, 2.24) is 9.88 Å². The Labute approximate surface area is 131 Å². The molecule has 0 radical (unpaired) electrons. The van der Waals surface area contributed by atoms with E-state index in [0.29, 0.717) is 0 Å². The molecular formula is C18H20N4. The van der Waals surface area contributed by atoms with Crippen LogP contribution in [0, 0.1) is 18.3 Å². The Morgan fingerprint density at radius 1 is 1.05 bits per heavy atom. The predicted octanol–water partition coefficient (Wildman–Crippen LogP) is 2.78. The number of hydrogen-bond donors (Lipinski definition) is 0. The Morgan fingerprint density at radius 3 is 2.36 bits per heavy atom. The lowest BCUT2D eigenvalue weighted by Crippen LogP contribution is -2.47. The summed E-state index contributed by atoms with van der Waals surface area (Å²) in [6.45, 7) is 5.63. The summed E-state index contributed by atoms with van der Waals surface area (Å²) in [4.78, 5) is 8.93. The van der Waals surface area contributed by atoms with Crippen LogP contribution in [-0.2, 0) is 0 Å². The van der Waals surface area contributed by atoms with Crippen molar-refractivity contribution >= 4 is 5.82 Å². The number of rotatable bonds is 3. The summed E-state index contributed by atoms with van der Waals surface area (Å²) >= 11 is 0. The maximum Gasteiger partial charge on any atom is 0.128 e. The van der Waals surface area contributed by atoms with E-state index in [4.69, 9.17) is 0 Å². The molecule has 22 heavy (non-hydrogen) atoms. The summed E-state index contributed by atoms with van der Waals surface area (Å²) in [5.74, 6) is 1.02. The average molecular weight is 292 g/mol. The van der Waals surface area contributed by atoms with Gasteiger partial charge in [-0.3, -0.25) is 4.90 Å². The minimum Gasteiger partial charge on any atom is -0.354 e. The Balaban J connectivity index is 1.67. The smallest absolute Gasteiger partial charge is 0.128 e. The topological polar surface area (TPSA) is 43.2 Å². The third kappa shape index (κ3) is 3.10. The highest BCUT2D eigenvalue weighted by atomic mass is 15.3. The number of aryl methyl sites for hydroxylation is 1. The lowest BCUT2D eigenvalue weighted by molar-refractivity contribution is 0.222. The minimum absolute atomic E-state index is 0.161. The zero-order valence-corrected chi connectivity index (χ0v) is 12.8. The van der Waals surface area contributed by atoms with Crippen LogP contribution in [0.5, 0.6) is 0 Å². The van der Waals surface area contributed by atoms with Crippen LogP contribution in [0.3, 0.4) is 0 Å². The van der Waals surface area contributed by atoms with E-state index in [-0.39, 0.29) is 6.04 Å². The summed E-state index contributed by atoms with van der Waals surface area (Å²) in [5.41, 5.74) is 2.31. The van der Waals surface area contributed by atoms with E-state index in [2.05, 4.69) is 52.0 Å². The second-order valence-corrected chi connectivity index (χ2v) is 5.65. The van der Waals surface area contributed by atoms with E-state index in [9.17, 15) is 5.26 Å². The number of nitriles is 1. The molecule has 3 rings (SSSR count). The molecule has 0 bridgehead atoms. The van der Waals surface area contributed by atoms with E-state index in [1.165, 1.54) is 5.56 Å². The molecule has 2 aromatic rings. The fourth-order valence-electron chi connectivity index (χ4n) is 2.87. The van der Waals surface area contributed by atoms with Gasteiger partial charge in [-0.25, -0.2) is 4.98 Å². The van der Waals surface area contributed by atoms with Gasteiger partial charge < -0.3 is 4.90 Å². The van der Waals surface area contributed by atoms with Crippen molar-refractivity contribution in [3.8, 4) is 6.07 Å². The molecule has 1 aliphatic heterocycles. The summed E-state index contributed by atoms with van der Waals surface area (Å²) in [6.07, 6.45) is 1.83. The van der Waals surface area contributed by atoms with Crippen LogP contribution in [0.25, 0.3) is 0 Å². The van der Waals surface area contributed by atoms with Gasteiger partial charge in [0.25, 0.3) is 0 Å². The largest absolute Gasteiger partial charge is 0.354 e. The fraction of sp³-hybridized carbons (Fsp3) is 0.333. The molecule has 4 heteroatoms. The SMILES string of the molecule is Cc1ccc(C(C#N)N2CCN(c3ccccn3)CC2)cc1. The first-order valence-corrected chi connectivity index (χ1v) is 7.64. The lowest BCUT2D eigenvalue weighted by Gasteiger charge is -2.37. The van der Waals surface area contributed by atoms with Crippen LogP contribution >= 0.6 is 0 Å². The number of aromatic nitrogens is 1. The minimum atomic E-state index is -0.161. The zero-order valence-electron chi connectivity index (χ0n) is 12.8. The molecule has 1 aliphatic rings. The van der Waals surface area contributed by atoms with E-state index >= 15 is 0 Å². The van der Waals surface area contributed by atoms with Crippen molar-refractivity contribution < 1.29 is 0 Å². The highest BCUT2D eigenvalue weighted by Crippen LogP contribution is 2.23. The van der Waals surface area contributed by atoms with Crippen molar-refractivity contribution in [1.29, 1.82) is 5.26 Å². The molecule has 0 aliphatic carbocycles. The van der Waals surface area contributed by atoms with Crippen LogP contribution < -0.4 is 4.90 Å². The molecule has 1 fully saturated rings. The van der Waals surface area contributed by atoms with Crippen molar-refractivity contribution in [2.75, 3.05) is 31.1 Å². The Bertz CT molecular complexity index is 637. The van der Waals surface area contributed by atoms with Gasteiger partial charge in [0.05, 0.1) is 6.07 Å². The molecular weight excluding hydrogens is 272 g/mol. The van der Waals surface area contributed by atoms with Gasteiger partial charge in [0.2, 0.25) is 0 Å². The van der Waals surface area contributed by atoms with Crippen LogP contribution in [-0.4, -0.2) is 36.1 Å². The molecule has 0 amide bonds. The van der Waals surface area contributed by atoms with Crippen molar-refractivity contribution in [3.05, 3.63) is 59.8 Å². The Kier molecular flexibility index (Phi) is 4.36. The molecule has 1 atom stereocenters. The number of pyridine rings is 1. The molecule has 4 nitrogen and oxygen atoms in total. The number of piperazine rings is 1. The standard InChI is InChI=1S/C18H20N4/c1-15-5-7-16(8-6-15)17(14-19)21-10-12-22(13-11-21)18-4-2-3-9-20-18/h2-9,17H,10-13H2,1H3. The normalized spacial score (nSPS) is 17.0. The van der Waals surface area contributed by atoms with Crippen LogP contribution in [0.2, 0.25) is 0 Å². The highest BCUT2D eigenvalue weighted by Gasteiger charge is 2.25. The Morgan fingerprint density at radius 2 is 1.77 bits per heavy atom. The molecule has 112 valence electrons. The Hall–Kier alpha value is -2.38. The third-order valence-electron chi connectivity index (χ3n) is 4.17. The molecule has 1 aromatic heterocycles. The van der Waals surface area contributed by atoms with Crippen LogP contribution in [0.1, 0.15) is 17.2 Å². The molecule has 0 N–H and O–H groups in total. The summed E-state index contributed by atoms with van der Waals surface area (Å²) in [6, 6.07) is 16.6. The second kappa shape index (κ2) is 6.59. The van der Waals surface area contributed by atoms with Gasteiger partial charge in [0.1, 0.15) is 11.9 Å². The van der Waals surface area contributed by atoms with Gasteiger partial charge in [0, 0.05) is 32.4 Å². The number of benzene rings is 1. The molecule has 0 saturated carbocycles. The maximum atomic E-state index is 9.57. The third-order valence-corrected chi connectivity index (χ3v) is 4.17. The van der Waals surface area contributed by atoms with E-state index in [1.54, 1.807) is 0 Å². The van der Waals surface area contributed by atoms with Gasteiger partial charge in [-0.2, -0.15) is 5.26 Å². The van der Waals surface area contributed by atoms with Crippen LogP contribution in [0.15, 0.2) is 48.7 Å². The van der Waals surface area contributed by atoms with Crippen molar-refractivity contribution in [2.45, 2.75) is 13.0 Å². The van der Waals surface area contributed by atoms with Gasteiger partial charge in [0.15, 0.2) is 0 Å². The van der Waals surface area contributed by atoms with Gasteiger partial charge >= 0.3 is 0 Å². The first-order chi connectivity index (χ1) is 10.8. The molecule has 1 saturated heterocycles. The maximum absolute atomic E-state index is 9.57. The van der Waals surface area contributed by atoms with Crippen molar-refractivity contribution in [3.63, 3.8) is 0 Å². The summed E-state index contributed by atoms with van der Waals surface area (Å²) in [5, 5.41) is 9.57. The van der Waals surface area contributed by atoms with Gasteiger partial charge in [-0.15, -0.1) is 0 Å². The molecule has 1 unspecified atom stereocenters. The summed E-state index contributed by atoms with van der Waals surface area (Å²) in [7, 11) is 0. The molecule has 0 spiro atoms. The number of hydrogen-bond acceptors (Lipinski definition) is 4. The first-order valence-electron chi connectivity index (χ1n) is 7.64. The second-order valence-electron chi connectivity index (χ2n) is 5.65. The zero-order chi connectivity index (χ0) is 15.4. The van der Waals surface area contributed by atoms with E-state index < -0.39 is 0 Å². The fourth-order valence-corrected chi connectivity index (χ4v) is 2.87. The molecule has 2 heterocycles. The molecule has 1 aromatic carbocycles. The number of nitrogens with zero attached hydrogens (tertiary/aromatic N) is 4. The lowest BCUT2D eigenvalue weighted by atomic mass is 10.0.